The second-order valence-corrected chi connectivity index (χ2v) is 7.30. The van der Waals surface area contributed by atoms with Gasteiger partial charge in [0.05, 0.1) is 23.4 Å². The summed E-state index contributed by atoms with van der Waals surface area (Å²) in [6.07, 6.45) is 2.25. The molecule has 5 rings (SSSR count). The minimum atomic E-state index is -0.533. The molecule has 2 aromatic rings. The summed E-state index contributed by atoms with van der Waals surface area (Å²) in [5, 5.41) is 5.37. The average molecular weight is 368 g/mol. The number of rotatable bonds is 5. The van der Waals surface area contributed by atoms with Crippen LogP contribution in [0.15, 0.2) is 47.5 Å². The zero-order valence-corrected chi connectivity index (χ0v) is 15.0. The summed E-state index contributed by atoms with van der Waals surface area (Å²) in [5.41, 5.74) is 1.23. The molecule has 3 aliphatic carbocycles. The van der Waals surface area contributed by atoms with Crippen molar-refractivity contribution < 1.29 is 13.9 Å². The van der Waals surface area contributed by atoms with Crippen LogP contribution in [0.3, 0.4) is 0 Å². The maximum Gasteiger partial charge on any atom is 0.254 e. The summed E-state index contributed by atoms with van der Waals surface area (Å²) in [7, 11) is 1.59. The first-order chi connectivity index (χ1) is 12.5. The van der Waals surface area contributed by atoms with Crippen LogP contribution in [-0.4, -0.2) is 29.3 Å². The van der Waals surface area contributed by atoms with E-state index in [9.17, 15) is 9.18 Å². The Balaban J connectivity index is 1.48. The van der Waals surface area contributed by atoms with E-state index in [1.807, 2.05) is 24.3 Å². The van der Waals surface area contributed by atoms with Crippen LogP contribution in [0.1, 0.15) is 29.6 Å². The molecule has 0 heterocycles. The molecule has 1 amide bonds. The molecule has 0 aliphatic heterocycles. The van der Waals surface area contributed by atoms with Crippen LogP contribution in [0.2, 0.25) is 0 Å². The lowest BCUT2D eigenvalue weighted by atomic mass is 9.44. The summed E-state index contributed by atoms with van der Waals surface area (Å²) >= 11 is 4.65. The van der Waals surface area contributed by atoms with E-state index in [-0.39, 0.29) is 22.5 Å². The van der Waals surface area contributed by atoms with E-state index in [2.05, 4.69) is 27.7 Å². The van der Waals surface area contributed by atoms with Gasteiger partial charge in [0, 0.05) is 5.54 Å². The number of thiocarbonyl (C=S) groups is 1. The topological polar surface area (TPSA) is 50.7 Å². The molecule has 0 atom stereocenters. The van der Waals surface area contributed by atoms with Crippen molar-refractivity contribution in [2.45, 2.75) is 30.3 Å². The van der Waals surface area contributed by atoms with Crippen molar-refractivity contribution in [3.05, 3.63) is 53.8 Å². The first kappa shape index (κ1) is 16.9. The third-order valence-electron chi connectivity index (χ3n) is 5.30. The lowest BCUT2D eigenvalue weighted by Crippen LogP contribution is -2.77. The van der Waals surface area contributed by atoms with Gasteiger partial charge in [-0.05, 0) is 66.9 Å². The summed E-state index contributed by atoms with van der Waals surface area (Å²) < 4.78 is 19.6. The molecule has 2 bridgehead atoms. The quantitative estimate of drug-likeness (QED) is 0.641. The number of methoxy groups -OCH3 is 1. The van der Waals surface area contributed by atoms with Crippen molar-refractivity contribution in [3.63, 3.8) is 0 Å². The Morgan fingerprint density at radius 2 is 1.85 bits per heavy atom. The van der Waals surface area contributed by atoms with Crippen molar-refractivity contribution in [1.82, 2.24) is 5.32 Å². The highest BCUT2D eigenvalue weighted by Crippen LogP contribution is 2.62. The van der Waals surface area contributed by atoms with E-state index in [1.165, 1.54) is 12.1 Å². The van der Waals surface area contributed by atoms with E-state index >= 15 is 0 Å². The molecule has 3 aliphatic rings. The van der Waals surface area contributed by atoms with Gasteiger partial charge in [0.15, 0.2) is 0 Å². The van der Waals surface area contributed by atoms with Gasteiger partial charge in [0.1, 0.15) is 11.6 Å². The molecule has 2 aromatic carbocycles. The number of carbonyl (C=O) groups is 1. The predicted octanol–water partition coefficient (Wildman–Crippen LogP) is 4.01. The third-order valence-corrected chi connectivity index (χ3v) is 5.39. The van der Waals surface area contributed by atoms with Gasteiger partial charge in [-0.2, -0.15) is 0 Å². The summed E-state index contributed by atoms with van der Waals surface area (Å²) in [6.45, 7) is 0. The molecule has 3 fully saturated rings. The molecule has 0 aromatic heterocycles. The van der Waals surface area contributed by atoms with E-state index in [0.29, 0.717) is 5.56 Å². The van der Waals surface area contributed by atoms with E-state index in [0.717, 1.165) is 30.6 Å². The summed E-state index contributed by atoms with van der Waals surface area (Å²) in [6, 6.07) is 12.0. The molecule has 3 saturated carbocycles. The molecule has 0 radical (unpaired) electrons. The highest BCUT2D eigenvalue weighted by atomic mass is 32.1. The predicted molar refractivity (Wildman–Crippen MR) is 100 cm³/mol. The maximum absolute atomic E-state index is 14.5. The van der Waals surface area contributed by atoms with Gasteiger partial charge in [0.25, 0.3) is 5.91 Å². The molecule has 132 valence electrons. The summed E-state index contributed by atoms with van der Waals surface area (Å²) in [5.74, 6) is -0.183. The van der Waals surface area contributed by atoms with Crippen molar-refractivity contribution in [3.8, 4) is 16.9 Å². The van der Waals surface area contributed by atoms with Crippen LogP contribution in [0.5, 0.6) is 5.75 Å². The fraction of sp³-hybridized carbons (Fsp3) is 0.300. The Morgan fingerprint density at radius 3 is 2.42 bits per heavy atom. The fourth-order valence-corrected chi connectivity index (χ4v) is 4.25. The molecule has 1 N–H and O–H groups in total. The monoisotopic (exact) mass is 368 g/mol. The van der Waals surface area contributed by atoms with Crippen molar-refractivity contribution in [2.75, 3.05) is 7.11 Å². The molecule has 4 nitrogen and oxygen atoms in total. The SMILES string of the molecule is COc1ccc(-c2ccc(C(=O)N[C@]34C[C@](N=C=S)(C3)C4)c(F)c2)cc1. The zero-order chi connectivity index (χ0) is 18.4. The first-order valence-corrected chi connectivity index (χ1v) is 8.75. The lowest BCUT2D eigenvalue weighted by molar-refractivity contribution is -0.0687. The number of ether oxygens (including phenoxy) is 1. The molecule has 0 saturated heterocycles. The Hall–Kier alpha value is -2.56. The summed E-state index contributed by atoms with van der Waals surface area (Å²) in [4.78, 5) is 16.6. The van der Waals surface area contributed by atoms with E-state index < -0.39 is 5.82 Å². The Kier molecular flexibility index (Phi) is 3.90. The van der Waals surface area contributed by atoms with Crippen molar-refractivity contribution >= 4 is 23.3 Å². The highest BCUT2D eigenvalue weighted by Gasteiger charge is 2.69. The number of aliphatic imine (C=N–C) groups is 1. The van der Waals surface area contributed by atoms with Gasteiger partial charge < -0.3 is 10.1 Å². The van der Waals surface area contributed by atoms with Gasteiger partial charge >= 0.3 is 0 Å². The lowest BCUT2D eigenvalue weighted by Gasteiger charge is -2.67. The number of carbonyl (C=O) groups excluding carboxylic acids is 1. The molecular formula is C20H17FN2O2S. The normalized spacial score (nSPS) is 25.3. The highest BCUT2D eigenvalue weighted by molar-refractivity contribution is 7.78. The van der Waals surface area contributed by atoms with Crippen LogP contribution in [0.25, 0.3) is 11.1 Å². The van der Waals surface area contributed by atoms with Crippen molar-refractivity contribution in [1.29, 1.82) is 0 Å². The number of hydrogen-bond acceptors (Lipinski definition) is 4. The molecule has 0 spiro atoms. The average Bonchev–Trinajstić information content (AvgIpc) is 2.58. The van der Waals surface area contributed by atoms with Gasteiger partial charge in [-0.15, -0.1) is 0 Å². The number of amides is 1. The van der Waals surface area contributed by atoms with Gasteiger partial charge in [0.2, 0.25) is 0 Å². The number of halogens is 1. The molecule has 0 unspecified atom stereocenters. The van der Waals surface area contributed by atoms with Gasteiger partial charge in [-0.3, -0.25) is 4.79 Å². The third kappa shape index (κ3) is 2.71. The van der Waals surface area contributed by atoms with E-state index in [1.54, 1.807) is 13.2 Å². The van der Waals surface area contributed by atoms with Crippen LogP contribution >= 0.6 is 12.2 Å². The first-order valence-electron chi connectivity index (χ1n) is 8.34. The second kappa shape index (κ2) is 6.01. The van der Waals surface area contributed by atoms with E-state index in [4.69, 9.17) is 4.74 Å². The number of hydrogen-bond donors (Lipinski definition) is 1. The standard InChI is InChI=1S/C20H17FN2O2S/c1-25-15-5-2-13(3-6-15)14-4-7-16(17(21)8-14)18(24)23-20-9-19(10-20,11-20)22-12-26/h2-8H,9-11H2,1H3,(H,23,24)/t19-,20+. The maximum atomic E-state index is 14.5. The smallest absolute Gasteiger partial charge is 0.254 e. The van der Waals surface area contributed by atoms with Gasteiger partial charge in [-0.25, -0.2) is 9.38 Å². The van der Waals surface area contributed by atoms with Gasteiger partial charge in [-0.1, -0.05) is 18.2 Å². The largest absolute Gasteiger partial charge is 0.497 e. The number of isothiocyanates is 1. The fourth-order valence-electron chi connectivity index (χ4n) is 4.05. The van der Waals surface area contributed by atoms with Crippen LogP contribution < -0.4 is 10.1 Å². The minimum Gasteiger partial charge on any atom is -0.497 e. The Labute approximate surface area is 156 Å². The Morgan fingerprint density at radius 1 is 1.19 bits per heavy atom. The second-order valence-electron chi connectivity index (χ2n) is 7.12. The number of nitrogens with one attached hydrogen (secondary N) is 1. The molecule has 6 heteroatoms. The molecular weight excluding hydrogens is 351 g/mol. The number of nitrogens with zero attached hydrogens (tertiary/aromatic N) is 1. The molecule has 26 heavy (non-hydrogen) atoms. The van der Waals surface area contributed by atoms with Crippen LogP contribution in [0, 0.1) is 5.82 Å². The van der Waals surface area contributed by atoms with Crippen LogP contribution in [0.4, 0.5) is 4.39 Å². The van der Waals surface area contributed by atoms with Crippen LogP contribution in [-0.2, 0) is 0 Å². The Bertz CT molecular complexity index is 916. The number of benzene rings is 2. The van der Waals surface area contributed by atoms with Crippen molar-refractivity contribution in [2.24, 2.45) is 4.99 Å². The zero-order valence-electron chi connectivity index (χ0n) is 14.2. The minimum absolute atomic E-state index is 0.0550.